The number of hydrogen-bond acceptors (Lipinski definition) is 2. The summed E-state index contributed by atoms with van der Waals surface area (Å²) in [6.07, 6.45) is 0. The maximum Gasteiger partial charge on any atom is 0.0942 e. The van der Waals surface area contributed by atoms with E-state index in [2.05, 4.69) is 31.2 Å². The standard InChI is InChI=1S/C11H16N2S/c1-8-4-3-5-10(6-8)14-7-9(2)11(12)13/h3-6,9H,7H2,1-2H3,(H3,12,13). The maximum absolute atomic E-state index is 7.27. The number of nitrogens with one attached hydrogen (secondary N) is 1. The van der Waals surface area contributed by atoms with Crippen LogP contribution in [-0.2, 0) is 0 Å². The van der Waals surface area contributed by atoms with Crippen LogP contribution in [0.1, 0.15) is 12.5 Å². The molecule has 0 bridgehead atoms. The largest absolute Gasteiger partial charge is 0.387 e. The predicted octanol–water partition coefficient (Wildman–Crippen LogP) is 2.66. The van der Waals surface area contributed by atoms with Crippen molar-refractivity contribution in [2.24, 2.45) is 11.7 Å². The second-order valence-corrected chi connectivity index (χ2v) is 4.58. The van der Waals surface area contributed by atoms with Crippen LogP contribution in [0.5, 0.6) is 0 Å². The van der Waals surface area contributed by atoms with Gasteiger partial charge in [-0.25, -0.2) is 0 Å². The summed E-state index contributed by atoms with van der Waals surface area (Å²) in [6, 6.07) is 8.37. The van der Waals surface area contributed by atoms with Crippen molar-refractivity contribution in [1.29, 1.82) is 5.41 Å². The minimum absolute atomic E-state index is 0.153. The SMILES string of the molecule is Cc1cccc(SCC(C)C(=N)N)c1. The molecule has 1 unspecified atom stereocenters. The van der Waals surface area contributed by atoms with Gasteiger partial charge in [-0.05, 0) is 19.1 Å². The molecule has 0 fully saturated rings. The fourth-order valence-electron chi connectivity index (χ4n) is 1.02. The van der Waals surface area contributed by atoms with Gasteiger partial charge in [-0.1, -0.05) is 24.6 Å². The van der Waals surface area contributed by atoms with Crippen LogP contribution in [0.4, 0.5) is 0 Å². The lowest BCUT2D eigenvalue weighted by molar-refractivity contribution is 0.879. The molecule has 0 saturated heterocycles. The van der Waals surface area contributed by atoms with Gasteiger partial charge in [0.05, 0.1) is 5.84 Å². The van der Waals surface area contributed by atoms with Crippen LogP contribution in [0.3, 0.4) is 0 Å². The molecule has 0 aromatic heterocycles. The first-order valence-electron chi connectivity index (χ1n) is 4.63. The Labute approximate surface area is 89.4 Å². The molecule has 0 spiro atoms. The topological polar surface area (TPSA) is 49.9 Å². The Bertz CT molecular complexity index is 323. The summed E-state index contributed by atoms with van der Waals surface area (Å²) < 4.78 is 0. The third-order valence-corrected chi connectivity index (χ3v) is 3.27. The van der Waals surface area contributed by atoms with Gasteiger partial charge in [0.15, 0.2) is 0 Å². The van der Waals surface area contributed by atoms with Gasteiger partial charge in [-0.2, -0.15) is 0 Å². The van der Waals surface area contributed by atoms with Crippen molar-refractivity contribution in [1.82, 2.24) is 0 Å². The second-order valence-electron chi connectivity index (χ2n) is 3.48. The Morgan fingerprint density at radius 1 is 1.57 bits per heavy atom. The Morgan fingerprint density at radius 3 is 2.86 bits per heavy atom. The number of aryl methyl sites for hydroxylation is 1. The average molecular weight is 208 g/mol. The van der Waals surface area contributed by atoms with Crippen LogP contribution in [0.15, 0.2) is 29.2 Å². The Morgan fingerprint density at radius 2 is 2.29 bits per heavy atom. The van der Waals surface area contributed by atoms with Crippen molar-refractivity contribution in [3.63, 3.8) is 0 Å². The number of amidine groups is 1. The van der Waals surface area contributed by atoms with Crippen molar-refractivity contribution in [3.05, 3.63) is 29.8 Å². The lowest BCUT2D eigenvalue weighted by atomic mass is 10.2. The van der Waals surface area contributed by atoms with Crippen LogP contribution in [0, 0.1) is 18.3 Å². The summed E-state index contributed by atoms with van der Waals surface area (Å²) in [6.45, 7) is 4.06. The minimum Gasteiger partial charge on any atom is -0.387 e. The van der Waals surface area contributed by atoms with Gasteiger partial charge in [0.25, 0.3) is 0 Å². The molecule has 2 nitrogen and oxygen atoms in total. The zero-order chi connectivity index (χ0) is 10.6. The molecule has 0 aliphatic heterocycles. The van der Waals surface area contributed by atoms with Crippen molar-refractivity contribution >= 4 is 17.6 Å². The van der Waals surface area contributed by atoms with E-state index in [1.165, 1.54) is 10.5 Å². The monoisotopic (exact) mass is 208 g/mol. The Hall–Kier alpha value is -0.960. The molecular formula is C11H16N2S. The number of thioether (sulfide) groups is 1. The highest BCUT2D eigenvalue weighted by atomic mass is 32.2. The molecule has 0 heterocycles. The van der Waals surface area contributed by atoms with E-state index < -0.39 is 0 Å². The smallest absolute Gasteiger partial charge is 0.0942 e. The van der Waals surface area contributed by atoms with E-state index in [0.29, 0.717) is 0 Å². The summed E-state index contributed by atoms with van der Waals surface area (Å²) in [7, 11) is 0. The van der Waals surface area contributed by atoms with E-state index in [4.69, 9.17) is 11.1 Å². The van der Waals surface area contributed by atoms with E-state index >= 15 is 0 Å². The lowest BCUT2D eigenvalue weighted by Crippen LogP contribution is -2.21. The third kappa shape index (κ3) is 3.42. The molecule has 0 aliphatic rings. The normalized spacial score (nSPS) is 12.4. The van der Waals surface area contributed by atoms with E-state index in [9.17, 15) is 0 Å². The first-order valence-corrected chi connectivity index (χ1v) is 5.61. The zero-order valence-corrected chi connectivity index (χ0v) is 9.40. The predicted molar refractivity (Wildman–Crippen MR) is 63.0 cm³/mol. The minimum atomic E-state index is 0.153. The molecule has 1 atom stereocenters. The van der Waals surface area contributed by atoms with Gasteiger partial charge in [0.1, 0.15) is 0 Å². The molecule has 1 aromatic rings. The van der Waals surface area contributed by atoms with Crippen LogP contribution < -0.4 is 5.73 Å². The van der Waals surface area contributed by atoms with Crippen LogP contribution >= 0.6 is 11.8 Å². The van der Waals surface area contributed by atoms with Crippen LogP contribution in [0.2, 0.25) is 0 Å². The van der Waals surface area contributed by atoms with Gasteiger partial charge in [-0.15, -0.1) is 11.8 Å². The molecule has 1 rings (SSSR count). The summed E-state index contributed by atoms with van der Waals surface area (Å²) in [4.78, 5) is 1.25. The summed E-state index contributed by atoms with van der Waals surface area (Å²) in [5.74, 6) is 1.30. The molecule has 3 heteroatoms. The summed E-state index contributed by atoms with van der Waals surface area (Å²) >= 11 is 1.75. The first-order chi connectivity index (χ1) is 6.59. The molecule has 14 heavy (non-hydrogen) atoms. The molecule has 0 saturated carbocycles. The molecule has 0 aliphatic carbocycles. The number of benzene rings is 1. The maximum atomic E-state index is 7.27. The fraction of sp³-hybridized carbons (Fsp3) is 0.364. The molecule has 3 N–H and O–H groups in total. The number of rotatable bonds is 4. The average Bonchev–Trinajstić information content (AvgIpc) is 2.14. The number of hydrogen-bond donors (Lipinski definition) is 2. The van der Waals surface area contributed by atoms with E-state index in [-0.39, 0.29) is 11.8 Å². The van der Waals surface area contributed by atoms with Gasteiger partial charge in [0.2, 0.25) is 0 Å². The lowest BCUT2D eigenvalue weighted by Gasteiger charge is -2.08. The van der Waals surface area contributed by atoms with Crippen molar-refractivity contribution < 1.29 is 0 Å². The Balaban J connectivity index is 2.49. The first kappa shape index (κ1) is 11.1. The molecule has 1 aromatic carbocycles. The van der Waals surface area contributed by atoms with Gasteiger partial charge >= 0.3 is 0 Å². The van der Waals surface area contributed by atoms with Gasteiger partial charge in [-0.3, -0.25) is 5.41 Å². The Kier molecular flexibility index (Phi) is 4.01. The summed E-state index contributed by atoms with van der Waals surface area (Å²) in [5, 5.41) is 7.27. The van der Waals surface area contributed by atoms with Crippen molar-refractivity contribution in [2.75, 3.05) is 5.75 Å². The summed E-state index contributed by atoms with van der Waals surface area (Å²) in [5.41, 5.74) is 6.67. The highest BCUT2D eigenvalue weighted by Gasteiger charge is 2.05. The highest BCUT2D eigenvalue weighted by molar-refractivity contribution is 7.99. The van der Waals surface area contributed by atoms with Crippen LogP contribution in [-0.4, -0.2) is 11.6 Å². The van der Waals surface area contributed by atoms with Gasteiger partial charge in [0, 0.05) is 16.6 Å². The highest BCUT2D eigenvalue weighted by Crippen LogP contribution is 2.21. The molecule has 0 radical (unpaired) electrons. The molecule has 0 amide bonds. The van der Waals surface area contributed by atoms with Crippen molar-refractivity contribution in [2.45, 2.75) is 18.7 Å². The van der Waals surface area contributed by atoms with E-state index in [1.54, 1.807) is 11.8 Å². The molecule has 76 valence electrons. The van der Waals surface area contributed by atoms with Crippen LogP contribution in [0.25, 0.3) is 0 Å². The molecular weight excluding hydrogens is 192 g/mol. The zero-order valence-electron chi connectivity index (χ0n) is 8.58. The van der Waals surface area contributed by atoms with E-state index in [1.807, 2.05) is 6.92 Å². The third-order valence-electron chi connectivity index (χ3n) is 2.02. The fourth-order valence-corrected chi connectivity index (χ4v) is 2.08. The van der Waals surface area contributed by atoms with E-state index in [0.717, 1.165) is 5.75 Å². The van der Waals surface area contributed by atoms with Gasteiger partial charge < -0.3 is 5.73 Å². The second kappa shape index (κ2) is 5.05. The number of nitrogens with two attached hydrogens (primary N) is 1. The van der Waals surface area contributed by atoms with Crippen molar-refractivity contribution in [3.8, 4) is 0 Å². The quantitative estimate of drug-likeness (QED) is 0.454.